The van der Waals surface area contributed by atoms with Crippen LogP contribution in [0.3, 0.4) is 0 Å². The summed E-state index contributed by atoms with van der Waals surface area (Å²) in [5.74, 6) is -0.868. The average Bonchev–Trinajstić information content (AvgIpc) is 3.61. The van der Waals surface area contributed by atoms with Gasteiger partial charge in [0.15, 0.2) is 0 Å². The van der Waals surface area contributed by atoms with Crippen molar-refractivity contribution >= 4 is 124 Å². The van der Waals surface area contributed by atoms with Crippen LogP contribution in [0.1, 0.15) is 65.0 Å². The number of amides is 2. The number of halogens is 6. The van der Waals surface area contributed by atoms with Crippen molar-refractivity contribution < 1.29 is 26.4 Å². The molecule has 0 saturated carbocycles. The molecule has 2 fully saturated rings. The van der Waals surface area contributed by atoms with Crippen LogP contribution in [0, 0.1) is 5.92 Å². The Hall–Kier alpha value is -2.94. The molecule has 0 aromatic heterocycles. The topological polar surface area (TPSA) is 133 Å². The summed E-state index contributed by atoms with van der Waals surface area (Å²) < 4.78 is 55.3. The van der Waals surface area contributed by atoms with E-state index in [0.717, 1.165) is 12.0 Å². The number of anilines is 4. The highest BCUT2D eigenvalue weighted by Crippen LogP contribution is 2.38. The molecule has 1 atom stereocenters. The van der Waals surface area contributed by atoms with Crippen LogP contribution < -0.4 is 19.2 Å². The van der Waals surface area contributed by atoms with Gasteiger partial charge in [-0.3, -0.25) is 18.2 Å². The van der Waals surface area contributed by atoms with Crippen LogP contribution in [0.5, 0.6) is 0 Å². The summed E-state index contributed by atoms with van der Waals surface area (Å²) in [4.78, 5) is 26.9. The number of hydrogen-bond donors (Lipinski definition) is 2. The van der Waals surface area contributed by atoms with Crippen molar-refractivity contribution in [2.45, 2.75) is 51.2 Å². The van der Waals surface area contributed by atoms with E-state index in [1.165, 1.54) is 38.9 Å². The van der Waals surface area contributed by atoms with Gasteiger partial charge in [0, 0.05) is 34.5 Å². The summed E-state index contributed by atoms with van der Waals surface area (Å²) >= 11 is 38.4. The summed E-state index contributed by atoms with van der Waals surface area (Å²) in [6.07, 6.45) is 2.02. The van der Waals surface area contributed by atoms with Gasteiger partial charge in [-0.15, -0.1) is 0 Å². The fourth-order valence-electron chi connectivity index (χ4n) is 6.89. The van der Waals surface area contributed by atoms with E-state index >= 15 is 0 Å². The van der Waals surface area contributed by atoms with Gasteiger partial charge in [0.05, 0.1) is 53.6 Å². The first-order valence-electron chi connectivity index (χ1n) is 17.5. The quantitative estimate of drug-likeness (QED) is 0.154. The van der Waals surface area contributed by atoms with Crippen LogP contribution in [-0.2, 0) is 32.9 Å². The van der Waals surface area contributed by atoms with Crippen LogP contribution in [0.25, 0.3) is 0 Å². The Bertz CT molecular complexity index is 2450. The summed E-state index contributed by atoms with van der Waals surface area (Å²) in [7, 11) is -7.45. The van der Waals surface area contributed by atoms with Crippen molar-refractivity contribution in [2.75, 3.05) is 38.1 Å². The van der Waals surface area contributed by atoms with E-state index < -0.39 is 37.1 Å². The largest absolute Gasteiger partial charge is 0.322 e. The Labute approximate surface area is 356 Å². The van der Waals surface area contributed by atoms with Gasteiger partial charge < -0.3 is 10.6 Å². The molecule has 4 aromatic rings. The molecule has 56 heavy (non-hydrogen) atoms. The SMILES string of the molecule is CC(C)Cc1cc(Cl)cc(NC(=O)c2cc(N3CCC(CCc4cc(Cl)cc(NC(=O)c5cc(N6CCCS6(=O)=O)cc(Cl)c5Cl)c4)S3(=O)=O)cc(Cl)c2Cl)c1. The Balaban J connectivity index is 1.15. The zero-order chi connectivity index (χ0) is 40.7. The number of hydrogen-bond acceptors (Lipinski definition) is 6. The highest BCUT2D eigenvalue weighted by Gasteiger charge is 2.39. The molecule has 1 unspecified atom stereocenters. The van der Waals surface area contributed by atoms with E-state index in [4.69, 9.17) is 69.6 Å². The molecule has 2 aliphatic rings. The molecule has 2 amide bonds. The first-order chi connectivity index (χ1) is 26.3. The average molecular weight is 922 g/mol. The predicted octanol–water partition coefficient (Wildman–Crippen LogP) is 10.4. The minimum atomic E-state index is -3.90. The lowest BCUT2D eigenvalue weighted by atomic mass is 10.0. The van der Waals surface area contributed by atoms with E-state index in [1.807, 2.05) is 12.1 Å². The first kappa shape index (κ1) is 42.7. The molecule has 2 N–H and O–H groups in total. The molecule has 2 aliphatic heterocycles. The van der Waals surface area contributed by atoms with Crippen molar-refractivity contribution in [1.29, 1.82) is 0 Å². The molecule has 18 heteroatoms. The molecular formula is C38H36Cl6N4O6S2. The Morgan fingerprint density at radius 1 is 0.696 bits per heavy atom. The van der Waals surface area contributed by atoms with Gasteiger partial charge in [-0.05, 0) is 110 Å². The van der Waals surface area contributed by atoms with E-state index in [9.17, 15) is 26.4 Å². The van der Waals surface area contributed by atoms with E-state index in [2.05, 4.69) is 24.5 Å². The van der Waals surface area contributed by atoms with Crippen molar-refractivity contribution in [1.82, 2.24) is 0 Å². The Kier molecular flexibility index (Phi) is 13.0. The van der Waals surface area contributed by atoms with E-state index in [1.54, 1.807) is 18.2 Å². The third-order valence-electron chi connectivity index (χ3n) is 9.40. The van der Waals surface area contributed by atoms with Gasteiger partial charge in [0.2, 0.25) is 20.0 Å². The van der Waals surface area contributed by atoms with Crippen LogP contribution >= 0.6 is 69.6 Å². The predicted molar refractivity (Wildman–Crippen MR) is 229 cm³/mol. The lowest BCUT2D eigenvalue weighted by Gasteiger charge is -2.21. The summed E-state index contributed by atoms with van der Waals surface area (Å²) in [6, 6.07) is 15.8. The number of benzene rings is 4. The number of carbonyl (C=O) groups is 2. The zero-order valence-electron chi connectivity index (χ0n) is 30.0. The molecule has 10 nitrogen and oxygen atoms in total. The van der Waals surface area contributed by atoms with Gasteiger partial charge in [-0.2, -0.15) is 0 Å². The molecule has 298 valence electrons. The molecule has 0 spiro atoms. The van der Waals surface area contributed by atoms with Crippen molar-refractivity contribution in [3.05, 3.63) is 113 Å². The van der Waals surface area contributed by atoms with Gasteiger partial charge in [-0.1, -0.05) is 83.5 Å². The first-order valence-corrected chi connectivity index (χ1v) is 22.9. The number of rotatable bonds is 11. The van der Waals surface area contributed by atoms with E-state index in [-0.39, 0.29) is 67.9 Å². The smallest absolute Gasteiger partial charge is 0.257 e. The molecule has 2 saturated heterocycles. The van der Waals surface area contributed by atoms with Crippen LogP contribution in [0.15, 0.2) is 60.7 Å². The van der Waals surface area contributed by atoms with Gasteiger partial charge in [-0.25, -0.2) is 16.8 Å². The lowest BCUT2D eigenvalue weighted by molar-refractivity contribution is 0.101. The number of aryl methyl sites for hydroxylation is 1. The summed E-state index contributed by atoms with van der Waals surface area (Å²) in [6.45, 7) is 4.55. The highest BCUT2D eigenvalue weighted by molar-refractivity contribution is 7.93. The summed E-state index contributed by atoms with van der Waals surface area (Å²) in [5, 5.41) is 5.50. The fraction of sp³-hybridized carbons (Fsp3) is 0.316. The minimum absolute atomic E-state index is 0.00284. The third-order valence-corrected chi connectivity index (χ3v) is 15.6. The Morgan fingerprint density at radius 3 is 1.73 bits per heavy atom. The molecule has 0 bridgehead atoms. The number of nitrogens with zero attached hydrogens (tertiary/aromatic N) is 2. The molecular weight excluding hydrogens is 885 g/mol. The van der Waals surface area contributed by atoms with E-state index in [0.29, 0.717) is 52.2 Å². The second-order valence-electron chi connectivity index (χ2n) is 14.1. The number of carbonyl (C=O) groups excluding carboxylic acids is 2. The molecule has 4 aromatic carbocycles. The van der Waals surface area contributed by atoms with Gasteiger partial charge in [0.25, 0.3) is 11.8 Å². The number of sulfonamides is 2. The second-order valence-corrected chi connectivity index (χ2v) is 20.7. The third kappa shape index (κ3) is 9.50. The minimum Gasteiger partial charge on any atom is -0.322 e. The monoisotopic (exact) mass is 918 g/mol. The Morgan fingerprint density at radius 2 is 1.21 bits per heavy atom. The summed E-state index contributed by atoms with van der Waals surface area (Å²) in [5.41, 5.74) is 2.80. The molecule has 6 rings (SSSR count). The highest BCUT2D eigenvalue weighted by atomic mass is 35.5. The maximum absolute atomic E-state index is 13.9. The maximum Gasteiger partial charge on any atom is 0.257 e. The van der Waals surface area contributed by atoms with Crippen LogP contribution in [0.4, 0.5) is 22.7 Å². The fourth-order valence-corrected chi connectivity index (χ4v) is 11.7. The zero-order valence-corrected chi connectivity index (χ0v) is 36.2. The van der Waals surface area contributed by atoms with Gasteiger partial charge >= 0.3 is 0 Å². The van der Waals surface area contributed by atoms with Crippen molar-refractivity contribution in [3.8, 4) is 0 Å². The standard InChI is InChI=1S/C38H36Cl6N4O6S2/c1-21(2)10-23-12-25(40)16-27(14-23)46-38(50)32-18-29(20-34(42)36(32)44)48-8-6-30(56(48,53)54)5-4-22-11-24(39)15-26(13-22)45-37(49)31-17-28(19-33(41)35(31)43)47-7-3-9-55(47,51)52/h11-21,30H,3-10H2,1-2H3,(H,45,49)(H,46,50). The van der Waals surface area contributed by atoms with Crippen LogP contribution in [0.2, 0.25) is 30.1 Å². The number of nitrogens with one attached hydrogen (secondary N) is 2. The van der Waals surface area contributed by atoms with Crippen LogP contribution in [-0.4, -0.2) is 52.7 Å². The van der Waals surface area contributed by atoms with Crippen molar-refractivity contribution in [3.63, 3.8) is 0 Å². The molecule has 2 heterocycles. The maximum atomic E-state index is 13.9. The van der Waals surface area contributed by atoms with Gasteiger partial charge in [0.1, 0.15) is 0 Å². The lowest BCUT2D eigenvalue weighted by Crippen LogP contribution is -2.30. The molecule has 0 radical (unpaired) electrons. The van der Waals surface area contributed by atoms with Crippen molar-refractivity contribution in [2.24, 2.45) is 5.92 Å². The normalized spacial score (nSPS) is 17.4. The molecule has 0 aliphatic carbocycles. The second kappa shape index (κ2) is 17.1.